The van der Waals surface area contributed by atoms with Crippen LogP contribution in [0.25, 0.3) is 0 Å². The molecule has 4 atom stereocenters. The number of rotatable bonds is 19. The van der Waals surface area contributed by atoms with Gasteiger partial charge in [0.1, 0.15) is 12.1 Å². The first kappa shape index (κ1) is 34.9. The maximum Gasteiger partial charge on any atom is 0.508 e. The van der Waals surface area contributed by atoms with Gasteiger partial charge in [-0.15, -0.1) is 0 Å². The maximum absolute atomic E-state index is 12.6. The highest BCUT2D eigenvalue weighted by Crippen LogP contribution is 2.37. The number of carbonyl (C=O) groups is 4. The van der Waals surface area contributed by atoms with Crippen LogP contribution in [0.4, 0.5) is 4.79 Å². The Kier molecular flexibility index (Phi) is 16.6. The second-order valence-corrected chi connectivity index (χ2v) is 10.1. The summed E-state index contributed by atoms with van der Waals surface area (Å²) in [5.74, 6) is -3.55. The number of esters is 2. The lowest BCUT2D eigenvalue weighted by Crippen LogP contribution is -2.42. The molecule has 0 bridgehead atoms. The number of nitrogens with two attached hydrogens (primary N) is 1. The minimum absolute atomic E-state index is 0.00479. The molecule has 10 nitrogen and oxygen atoms in total. The van der Waals surface area contributed by atoms with E-state index in [0.29, 0.717) is 24.8 Å². The molecule has 0 spiro atoms. The van der Waals surface area contributed by atoms with Gasteiger partial charge in [-0.3, -0.25) is 14.4 Å². The van der Waals surface area contributed by atoms with Crippen LogP contribution in [0, 0.1) is 5.92 Å². The summed E-state index contributed by atoms with van der Waals surface area (Å²) in [4.78, 5) is 49.1. The van der Waals surface area contributed by atoms with Crippen molar-refractivity contribution in [1.29, 1.82) is 0 Å². The summed E-state index contributed by atoms with van der Waals surface area (Å²) in [6.45, 7) is 9.59. The lowest BCUT2D eigenvalue weighted by Gasteiger charge is -2.31. The van der Waals surface area contributed by atoms with Crippen molar-refractivity contribution in [1.82, 2.24) is 0 Å². The molecule has 0 heterocycles. The molecule has 10 heteroatoms. The van der Waals surface area contributed by atoms with E-state index in [9.17, 15) is 24.3 Å². The Morgan fingerprint density at radius 2 is 1.38 bits per heavy atom. The van der Waals surface area contributed by atoms with Crippen LogP contribution in [0.15, 0.2) is 18.2 Å². The number of unbranched alkanes of at least 4 members (excludes halogenated alkanes) is 5. The third kappa shape index (κ3) is 12.4. The van der Waals surface area contributed by atoms with Gasteiger partial charge in [-0.2, -0.15) is 0 Å². The van der Waals surface area contributed by atoms with Crippen molar-refractivity contribution in [3.05, 3.63) is 23.8 Å². The van der Waals surface area contributed by atoms with Crippen LogP contribution in [0.2, 0.25) is 0 Å². The molecule has 0 fully saturated rings. The Hall–Kier alpha value is -3.14. The third-order valence-corrected chi connectivity index (χ3v) is 6.75. The second kappa shape index (κ2) is 19.0. The SMILES string of the molecule is CCCCCC(=O)Oc1ccc(C(C(C)C(C)OC(=O)OCCCC)[C@H](N)C(=O)O)cc1OC(=O)CCCCC. The predicted octanol–water partition coefficient (Wildman–Crippen LogP) is 6.13. The molecule has 0 radical (unpaired) electrons. The average molecular weight is 566 g/mol. The summed E-state index contributed by atoms with van der Waals surface area (Å²) in [5.41, 5.74) is 6.55. The van der Waals surface area contributed by atoms with Gasteiger partial charge in [0, 0.05) is 24.7 Å². The van der Waals surface area contributed by atoms with Crippen molar-refractivity contribution in [2.45, 2.75) is 117 Å². The first-order valence-corrected chi connectivity index (χ1v) is 14.4. The zero-order chi connectivity index (χ0) is 30.1. The number of benzene rings is 1. The molecular weight excluding hydrogens is 518 g/mol. The van der Waals surface area contributed by atoms with E-state index in [0.717, 1.165) is 32.1 Å². The molecule has 1 aromatic rings. The Morgan fingerprint density at radius 3 is 1.90 bits per heavy atom. The van der Waals surface area contributed by atoms with Crippen molar-refractivity contribution in [3.63, 3.8) is 0 Å². The van der Waals surface area contributed by atoms with Crippen molar-refractivity contribution >= 4 is 24.1 Å². The molecule has 3 N–H and O–H groups in total. The zero-order valence-corrected chi connectivity index (χ0v) is 24.6. The number of hydrogen-bond acceptors (Lipinski definition) is 9. The van der Waals surface area contributed by atoms with E-state index in [-0.39, 0.29) is 30.9 Å². The smallest absolute Gasteiger partial charge is 0.480 e. The predicted molar refractivity (Wildman–Crippen MR) is 150 cm³/mol. The Morgan fingerprint density at radius 1 is 0.825 bits per heavy atom. The average Bonchev–Trinajstić information content (AvgIpc) is 2.90. The highest BCUT2D eigenvalue weighted by atomic mass is 16.7. The van der Waals surface area contributed by atoms with Gasteiger partial charge in [0.05, 0.1) is 6.61 Å². The Balaban J connectivity index is 3.31. The molecule has 40 heavy (non-hydrogen) atoms. The van der Waals surface area contributed by atoms with Gasteiger partial charge < -0.3 is 29.8 Å². The highest BCUT2D eigenvalue weighted by molar-refractivity contribution is 5.77. The Bertz CT molecular complexity index is 949. The molecule has 0 aliphatic heterocycles. The van der Waals surface area contributed by atoms with E-state index >= 15 is 0 Å². The van der Waals surface area contributed by atoms with Crippen LogP contribution in [-0.2, 0) is 23.9 Å². The van der Waals surface area contributed by atoms with E-state index < -0.39 is 48.0 Å². The van der Waals surface area contributed by atoms with Crippen molar-refractivity contribution < 1.29 is 43.2 Å². The lowest BCUT2D eigenvalue weighted by atomic mass is 9.79. The summed E-state index contributed by atoms with van der Waals surface area (Å²) in [5, 5.41) is 9.77. The first-order chi connectivity index (χ1) is 19.0. The summed E-state index contributed by atoms with van der Waals surface area (Å²) < 4.78 is 21.6. The van der Waals surface area contributed by atoms with Crippen LogP contribution in [-0.4, -0.2) is 47.9 Å². The van der Waals surface area contributed by atoms with Crippen molar-refractivity contribution in [2.75, 3.05) is 6.61 Å². The summed E-state index contributed by atoms with van der Waals surface area (Å²) >= 11 is 0. The topological polar surface area (TPSA) is 151 Å². The van der Waals surface area contributed by atoms with Gasteiger partial charge in [-0.1, -0.05) is 65.9 Å². The second-order valence-electron chi connectivity index (χ2n) is 10.1. The summed E-state index contributed by atoms with van der Waals surface area (Å²) in [7, 11) is 0. The molecule has 0 amide bonds. The summed E-state index contributed by atoms with van der Waals surface area (Å²) in [6, 6.07) is 3.16. The fraction of sp³-hybridized carbons (Fsp3) is 0.667. The molecule has 3 unspecified atom stereocenters. The zero-order valence-electron chi connectivity index (χ0n) is 24.6. The molecule has 0 aliphatic carbocycles. The van der Waals surface area contributed by atoms with Gasteiger partial charge in [0.15, 0.2) is 11.5 Å². The minimum Gasteiger partial charge on any atom is -0.480 e. The molecule has 0 aliphatic rings. The monoisotopic (exact) mass is 565 g/mol. The van der Waals surface area contributed by atoms with E-state index in [1.165, 1.54) is 12.1 Å². The normalized spacial score (nSPS) is 13.9. The molecule has 0 saturated carbocycles. The van der Waals surface area contributed by atoms with Gasteiger partial charge in [0.2, 0.25) is 0 Å². The highest BCUT2D eigenvalue weighted by Gasteiger charge is 2.36. The van der Waals surface area contributed by atoms with Crippen LogP contribution in [0.5, 0.6) is 11.5 Å². The molecule has 0 saturated heterocycles. The maximum atomic E-state index is 12.6. The molecule has 1 aromatic carbocycles. The lowest BCUT2D eigenvalue weighted by molar-refractivity contribution is -0.140. The molecule has 1 rings (SSSR count). The standard InChI is InChI=1S/C30H47NO9/c1-6-9-12-14-25(32)39-23-17-16-22(19-24(23)40-26(33)15-13-10-7-2)27(28(31)29(34)35)20(4)21(5)38-30(36)37-18-11-8-3/h16-17,19-21,27-28H,6-15,18,31H2,1-5H3,(H,34,35)/t20?,21?,27?,28-/m0/s1. The summed E-state index contributed by atoms with van der Waals surface area (Å²) in [6.07, 6.45) is 5.29. The number of aliphatic carboxylic acids is 1. The quantitative estimate of drug-likeness (QED) is 0.114. The van der Waals surface area contributed by atoms with E-state index in [1.54, 1.807) is 19.9 Å². The van der Waals surface area contributed by atoms with Crippen LogP contribution in [0.1, 0.15) is 110 Å². The van der Waals surface area contributed by atoms with Crippen molar-refractivity contribution in [2.24, 2.45) is 11.7 Å². The number of carboxylic acid groups (broad SMARTS) is 1. The van der Waals surface area contributed by atoms with Crippen molar-refractivity contribution in [3.8, 4) is 11.5 Å². The number of hydrogen-bond donors (Lipinski definition) is 2. The number of carbonyl (C=O) groups excluding carboxylic acids is 3. The fourth-order valence-corrected chi connectivity index (χ4v) is 4.16. The van der Waals surface area contributed by atoms with Crippen LogP contribution < -0.4 is 15.2 Å². The van der Waals surface area contributed by atoms with Crippen LogP contribution in [0.3, 0.4) is 0 Å². The number of carboxylic acids is 1. The van der Waals surface area contributed by atoms with Gasteiger partial charge in [-0.25, -0.2) is 4.79 Å². The molecule has 226 valence electrons. The molecular formula is C30H47NO9. The minimum atomic E-state index is -1.37. The first-order valence-electron chi connectivity index (χ1n) is 14.4. The van der Waals surface area contributed by atoms with Gasteiger partial charge in [0.25, 0.3) is 0 Å². The van der Waals surface area contributed by atoms with Gasteiger partial charge in [-0.05, 0) is 43.9 Å². The van der Waals surface area contributed by atoms with E-state index in [1.807, 2.05) is 20.8 Å². The molecule has 0 aromatic heterocycles. The Labute approximate surface area is 237 Å². The van der Waals surface area contributed by atoms with E-state index in [4.69, 9.17) is 24.7 Å². The van der Waals surface area contributed by atoms with Crippen LogP contribution >= 0.6 is 0 Å². The number of ether oxygens (including phenoxy) is 4. The fourth-order valence-electron chi connectivity index (χ4n) is 4.16. The third-order valence-electron chi connectivity index (χ3n) is 6.75. The van der Waals surface area contributed by atoms with Gasteiger partial charge >= 0.3 is 24.1 Å². The van der Waals surface area contributed by atoms with E-state index in [2.05, 4.69) is 0 Å². The largest absolute Gasteiger partial charge is 0.508 e.